The van der Waals surface area contributed by atoms with E-state index in [9.17, 15) is 4.79 Å². The molecule has 0 saturated carbocycles. The van der Waals surface area contributed by atoms with Crippen molar-refractivity contribution in [3.05, 3.63) is 0 Å². The molecule has 4 heteroatoms. The molecule has 0 bridgehead atoms. The number of ether oxygens (including phenoxy) is 1. The summed E-state index contributed by atoms with van der Waals surface area (Å²) in [5.41, 5.74) is 0. The quantitative estimate of drug-likeness (QED) is 0.605. The van der Waals surface area contributed by atoms with Gasteiger partial charge in [-0.2, -0.15) is 0 Å². The van der Waals surface area contributed by atoms with Crippen LogP contribution in [-0.4, -0.2) is 62.1 Å². The number of hydrogen-bond donors (Lipinski definition) is 0. The first kappa shape index (κ1) is 12.0. The Labute approximate surface area is 91.2 Å². The molecule has 0 aromatic heterocycles. The molecule has 15 heavy (non-hydrogen) atoms. The second-order valence-electron chi connectivity index (χ2n) is 3.59. The van der Waals surface area contributed by atoms with Crippen LogP contribution >= 0.6 is 0 Å². The summed E-state index contributed by atoms with van der Waals surface area (Å²) in [6.07, 6.45) is 0. The van der Waals surface area contributed by atoms with Gasteiger partial charge in [0.1, 0.15) is 0 Å². The fourth-order valence-corrected chi connectivity index (χ4v) is 1.41. The third-order valence-corrected chi connectivity index (χ3v) is 2.29. The highest BCUT2D eigenvalue weighted by Gasteiger charge is 2.17. The molecule has 1 saturated heterocycles. The smallest absolute Gasteiger partial charge is 0.236 e. The van der Waals surface area contributed by atoms with Gasteiger partial charge in [0.25, 0.3) is 0 Å². The van der Waals surface area contributed by atoms with Crippen LogP contribution in [0.25, 0.3) is 0 Å². The minimum absolute atomic E-state index is 0.165. The molecule has 0 unspecified atom stereocenters. The lowest BCUT2D eigenvalue weighted by Gasteiger charge is -2.28. The second kappa shape index (κ2) is 6.44. The first-order valence-corrected chi connectivity index (χ1v) is 5.17. The van der Waals surface area contributed by atoms with Crippen LogP contribution in [0, 0.1) is 11.8 Å². The van der Waals surface area contributed by atoms with E-state index >= 15 is 0 Å². The summed E-state index contributed by atoms with van der Waals surface area (Å²) in [4.78, 5) is 15.5. The zero-order valence-electron chi connectivity index (χ0n) is 9.45. The normalized spacial score (nSPS) is 16.1. The Balaban J connectivity index is 2.29. The first-order valence-electron chi connectivity index (χ1n) is 5.17. The number of likely N-dealkylation sites (N-methyl/N-ethyl adjacent to an activating group) is 1. The maximum atomic E-state index is 11.8. The number of nitrogens with zero attached hydrogens (tertiary/aromatic N) is 2. The molecule has 0 radical (unpaired) electrons. The molecule has 0 spiro atoms. The molecule has 1 aliphatic heterocycles. The molecule has 0 N–H and O–H groups in total. The largest absolute Gasteiger partial charge is 0.378 e. The molecular weight excluding hydrogens is 192 g/mol. The third kappa shape index (κ3) is 4.32. The van der Waals surface area contributed by atoms with Crippen molar-refractivity contribution in [2.24, 2.45) is 0 Å². The van der Waals surface area contributed by atoms with Crippen LogP contribution in [-0.2, 0) is 9.53 Å². The van der Waals surface area contributed by atoms with Gasteiger partial charge in [0.05, 0.1) is 26.3 Å². The summed E-state index contributed by atoms with van der Waals surface area (Å²) < 4.78 is 5.19. The van der Waals surface area contributed by atoms with Crippen molar-refractivity contribution in [1.82, 2.24) is 9.80 Å². The molecule has 0 aromatic rings. The van der Waals surface area contributed by atoms with E-state index in [0.29, 0.717) is 39.4 Å². The van der Waals surface area contributed by atoms with Gasteiger partial charge in [-0.1, -0.05) is 5.92 Å². The van der Waals surface area contributed by atoms with Crippen molar-refractivity contribution in [3.8, 4) is 11.8 Å². The minimum atomic E-state index is 0.165. The van der Waals surface area contributed by atoms with E-state index in [4.69, 9.17) is 4.74 Å². The van der Waals surface area contributed by atoms with Crippen LogP contribution in [0.2, 0.25) is 0 Å². The van der Waals surface area contributed by atoms with E-state index in [-0.39, 0.29) is 5.91 Å². The monoisotopic (exact) mass is 210 g/mol. The fourth-order valence-electron chi connectivity index (χ4n) is 1.41. The van der Waals surface area contributed by atoms with E-state index in [1.807, 2.05) is 16.8 Å². The standard InChI is InChI=1S/C11H18N2O2/c1-3-4-5-12(2)10-11(14)13-6-8-15-9-7-13/h5-10H2,1-2H3. The van der Waals surface area contributed by atoms with Gasteiger partial charge < -0.3 is 9.64 Å². The van der Waals surface area contributed by atoms with Gasteiger partial charge in [-0.25, -0.2) is 0 Å². The summed E-state index contributed by atoms with van der Waals surface area (Å²) in [6, 6.07) is 0. The van der Waals surface area contributed by atoms with Gasteiger partial charge in [0.15, 0.2) is 0 Å². The Bertz CT molecular complexity index is 261. The lowest BCUT2D eigenvalue weighted by atomic mass is 10.4. The van der Waals surface area contributed by atoms with Gasteiger partial charge >= 0.3 is 0 Å². The number of morpholine rings is 1. The number of carbonyl (C=O) groups is 1. The van der Waals surface area contributed by atoms with Crippen molar-refractivity contribution in [3.63, 3.8) is 0 Å². The van der Waals surface area contributed by atoms with Gasteiger partial charge in [-0.15, -0.1) is 5.92 Å². The molecule has 0 aliphatic carbocycles. The van der Waals surface area contributed by atoms with E-state index in [1.165, 1.54) is 0 Å². The van der Waals surface area contributed by atoms with E-state index in [0.717, 1.165) is 0 Å². The zero-order valence-corrected chi connectivity index (χ0v) is 9.45. The number of rotatable bonds is 3. The third-order valence-electron chi connectivity index (χ3n) is 2.29. The Hall–Kier alpha value is -1.05. The fraction of sp³-hybridized carbons (Fsp3) is 0.727. The summed E-state index contributed by atoms with van der Waals surface area (Å²) >= 11 is 0. The molecule has 1 amide bonds. The number of amides is 1. The predicted octanol–water partition coefficient (Wildman–Crippen LogP) is -0.200. The van der Waals surface area contributed by atoms with Gasteiger partial charge in [-0.3, -0.25) is 9.69 Å². The number of carbonyl (C=O) groups excluding carboxylic acids is 1. The van der Waals surface area contributed by atoms with Crippen molar-refractivity contribution >= 4 is 5.91 Å². The van der Waals surface area contributed by atoms with Crippen LogP contribution in [0.15, 0.2) is 0 Å². The molecule has 4 nitrogen and oxygen atoms in total. The first-order chi connectivity index (χ1) is 7.24. The van der Waals surface area contributed by atoms with Gasteiger partial charge in [0, 0.05) is 13.1 Å². The molecular formula is C11H18N2O2. The maximum absolute atomic E-state index is 11.8. The molecule has 84 valence electrons. The molecule has 1 fully saturated rings. The van der Waals surface area contributed by atoms with E-state index in [1.54, 1.807) is 6.92 Å². The lowest BCUT2D eigenvalue weighted by molar-refractivity contribution is -0.136. The Morgan fingerprint density at radius 1 is 1.47 bits per heavy atom. The highest BCUT2D eigenvalue weighted by Crippen LogP contribution is 1.98. The Morgan fingerprint density at radius 2 is 2.13 bits per heavy atom. The molecule has 1 rings (SSSR count). The average molecular weight is 210 g/mol. The highest BCUT2D eigenvalue weighted by atomic mass is 16.5. The van der Waals surface area contributed by atoms with Crippen LogP contribution in [0.4, 0.5) is 0 Å². The highest BCUT2D eigenvalue weighted by molar-refractivity contribution is 5.78. The van der Waals surface area contributed by atoms with Crippen molar-refractivity contribution < 1.29 is 9.53 Å². The van der Waals surface area contributed by atoms with Crippen LogP contribution in [0.5, 0.6) is 0 Å². The maximum Gasteiger partial charge on any atom is 0.236 e. The summed E-state index contributed by atoms with van der Waals surface area (Å²) in [7, 11) is 1.91. The zero-order chi connectivity index (χ0) is 11.1. The SMILES string of the molecule is CC#CCN(C)CC(=O)N1CCOCC1. The van der Waals surface area contributed by atoms with E-state index in [2.05, 4.69) is 11.8 Å². The molecule has 1 aliphatic rings. The van der Waals surface area contributed by atoms with Crippen molar-refractivity contribution in [2.75, 3.05) is 46.4 Å². The van der Waals surface area contributed by atoms with Gasteiger partial charge in [0.2, 0.25) is 5.91 Å². The Kier molecular flexibility index (Phi) is 5.16. The second-order valence-corrected chi connectivity index (χ2v) is 3.59. The summed E-state index contributed by atoms with van der Waals surface area (Å²) in [5.74, 6) is 5.92. The topological polar surface area (TPSA) is 32.8 Å². The Morgan fingerprint density at radius 3 is 2.73 bits per heavy atom. The molecule has 0 aromatic carbocycles. The van der Waals surface area contributed by atoms with E-state index < -0.39 is 0 Å². The lowest BCUT2D eigenvalue weighted by Crippen LogP contribution is -2.45. The van der Waals surface area contributed by atoms with Crippen molar-refractivity contribution in [2.45, 2.75) is 6.92 Å². The molecule has 0 atom stereocenters. The molecule has 1 heterocycles. The summed E-state index contributed by atoms with van der Waals surface area (Å²) in [6.45, 7) is 5.63. The predicted molar refractivity (Wildman–Crippen MR) is 58.3 cm³/mol. The minimum Gasteiger partial charge on any atom is -0.378 e. The summed E-state index contributed by atoms with van der Waals surface area (Å²) in [5, 5.41) is 0. The average Bonchev–Trinajstić information content (AvgIpc) is 2.27. The number of hydrogen-bond acceptors (Lipinski definition) is 3. The van der Waals surface area contributed by atoms with Crippen molar-refractivity contribution in [1.29, 1.82) is 0 Å². The van der Waals surface area contributed by atoms with Crippen LogP contribution in [0.1, 0.15) is 6.92 Å². The van der Waals surface area contributed by atoms with Crippen LogP contribution < -0.4 is 0 Å². The van der Waals surface area contributed by atoms with Gasteiger partial charge in [-0.05, 0) is 14.0 Å². The van der Waals surface area contributed by atoms with Crippen LogP contribution in [0.3, 0.4) is 0 Å².